The fourth-order valence-corrected chi connectivity index (χ4v) is 3.18. The molecular formula is C20H22N4O6. The van der Waals surface area contributed by atoms with E-state index in [0.717, 1.165) is 0 Å². The fraction of sp³-hybridized carbons (Fsp3) is 0.400. The first-order valence-corrected chi connectivity index (χ1v) is 9.49. The van der Waals surface area contributed by atoms with Gasteiger partial charge in [-0.1, -0.05) is 0 Å². The van der Waals surface area contributed by atoms with E-state index in [4.69, 9.17) is 13.9 Å². The Bertz CT molecular complexity index is 964. The number of ether oxygens (including phenoxy) is 2. The molecule has 1 aliphatic heterocycles. The average molecular weight is 414 g/mol. The van der Waals surface area contributed by atoms with Crippen LogP contribution < -0.4 is 0 Å². The molecule has 30 heavy (non-hydrogen) atoms. The number of hydrogen-bond donors (Lipinski definition) is 0. The predicted octanol–water partition coefficient (Wildman–Crippen LogP) is 1.71. The number of aryl methyl sites for hydroxylation is 1. The lowest BCUT2D eigenvalue weighted by molar-refractivity contribution is -0.136. The smallest absolute Gasteiger partial charge is 0.409 e. The highest BCUT2D eigenvalue weighted by molar-refractivity contribution is 5.95. The maximum atomic E-state index is 12.5. The molecule has 0 spiro atoms. The van der Waals surface area contributed by atoms with Crippen LogP contribution >= 0.6 is 0 Å². The van der Waals surface area contributed by atoms with E-state index in [1.165, 1.54) is 9.80 Å². The molecule has 2 aromatic rings. The minimum Gasteiger partial charge on any atom is -0.452 e. The summed E-state index contributed by atoms with van der Waals surface area (Å²) in [5.74, 6) is -0.731. The van der Waals surface area contributed by atoms with Crippen molar-refractivity contribution in [2.75, 3.05) is 39.4 Å². The van der Waals surface area contributed by atoms with Gasteiger partial charge in [-0.2, -0.15) is 5.26 Å². The van der Waals surface area contributed by atoms with Gasteiger partial charge in [0, 0.05) is 38.6 Å². The Labute approximate surface area is 173 Å². The number of carbonyl (C=O) groups excluding carboxylic acids is 3. The van der Waals surface area contributed by atoms with Crippen molar-refractivity contribution >= 4 is 18.0 Å². The second-order valence-corrected chi connectivity index (χ2v) is 6.56. The van der Waals surface area contributed by atoms with Crippen LogP contribution in [0.15, 0.2) is 28.9 Å². The normalized spacial score (nSPS) is 13.6. The standard InChI is InChI=1S/C20H22N4O6/c1-3-28-20(27)24-10-8-22(9-11-24)16(25)13-29-19(26)17-14(2)30-18(15(17)12-21)23-6-4-5-7-23/h4-7H,3,8-11,13H2,1-2H3. The van der Waals surface area contributed by atoms with Gasteiger partial charge in [-0.3, -0.25) is 9.36 Å². The van der Waals surface area contributed by atoms with Crippen LogP contribution in [-0.2, 0) is 14.3 Å². The number of piperazine rings is 1. The van der Waals surface area contributed by atoms with Gasteiger partial charge in [-0.05, 0) is 26.0 Å². The third-order valence-corrected chi connectivity index (χ3v) is 4.71. The molecule has 10 nitrogen and oxygen atoms in total. The Balaban J connectivity index is 1.60. The zero-order valence-corrected chi connectivity index (χ0v) is 16.8. The molecule has 3 heterocycles. The number of rotatable bonds is 5. The maximum Gasteiger partial charge on any atom is 0.409 e. The number of furan rings is 1. The Hall–Kier alpha value is -3.74. The van der Waals surface area contributed by atoms with E-state index < -0.39 is 18.7 Å². The highest BCUT2D eigenvalue weighted by atomic mass is 16.6. The van der Waals surface area contributed by atoms with Crippen LogP contribution in [0.3, 0.4) is 0 Å². The lowest BCUT2D eigenvalue weighted by Gasteiger charge is -2.33. The van der Waals surface area contributed by atoms with E-state index in [1.807, 2.05) is 6.07 Å². The van der Waals surface area contributed by atoms with Gasteiger partial charge in [0.15, 0.2) is 6.61 Å². The first-order valence-electron chi connectivity index (χ1n) is 9.49. The molecule has 3 rings (SSSR count). The van der Waals surface area contributed by atoms with Gasteiger partial charge >= 0.3 is 12.1 Å². The number of esters is 1. The van der Waals surface area contributed by atoms with Gasteiger partial charge in [0.05, 0.1) is 6.61 Å². The molecule has 0 aromatic carbocycles. The molecule has 0 atom stereocenters. The largest absolute Gasteiger partial charge is 0.452 e. The first-order chi connectivity index (χ1) is 14.5. The van der Waals surface area contributed by atoms with E-state index in [-0.39, 0.29) is 35.3 Å². The molecule has 1 fully saturated rings. The molecule has 10 heteroatoms. The third-order valence-electron chi connectivity index (χ3n) is 4.71. The van der Waals surface area contributed by atoms with Gasteiger partial charge in [0.2, 0.25) is 5.88 Å². The third kappa shape index (κ3) is 4.30. The number of nitriles is 1. The summed E-state index contributed by atoms with van der Waals surface area (Å²) in [6.45, 7) is 4.44. The minimum atomic E-state index is -0.801. The molecular weight excluding hydrogens is 392 g/mol. The molecule has 0 radical (unpaired) electrons. The lowest BCUT2D eigenvalue weighted by atomic mass is 10.1. The summed E-state index contributed by atoms with van der Waals surface area (Å²) >= 11 is 0. The molecule has 1 aliphatic rings. The SMILES string of the molecule is CCOC(=O)N1CCN(C(=O)COC(=O)c2c(C)oc(-n3cccc3)c2C#N)CC1. The molecule has 0 bridgehead atoms. The van der Waals surface area contributed by atoms with E-state index in [2.05, 4.69) is 0 Å². The Morgan fingerprint density at radius 1 is 1.10 bits per heavy atom. The molecule has 0 unspecified atom stereocenters. The quantitative estimate of drug-likeness (QED) is 0.684. The fourth-order valence-electron chi connectivity index (χ4n) is 3.18. The van der Waals surface area contributed by atoms with Crippen molar-refractivity contribution in [1.82, 2.24) is 14.4 Å². The van der Waals surface area contributed by atoms with Gasteiger partial charge < -0.3 is 23.7 Å². The second-order valence-electron chi connectivity index (χ2n) is 6.56. The second kappa shape index (κ2) is 9.17. The topological polar surface area (TPSA) is 118 Å². The van der Waals surface area contributed by atoms with Crippen LogP contribution in [0.25, 0.3) is 5.88 Å². The van der Waals surface area contributed by atoms with Crippen LogP contribution in [0.2, 0.25) is 0 Å². The summed E-state index contributed by atoms with van der Waals surface area (Å²) in [5.41, 5.74) is 0.0466. The number of carbonyl (C=O) groups is 3. The molecule has 2 amide bonds. The van der Waals surface area contributed by atoms with Crippen molar-refractivity contribution in [1.29, 1.82) is 5.26 Å². The Morgan fingerprint density at radius 3 is 2.33 bits per heavy atom. The van der Waals surface area contributed by atoms with Gasteiger partial charge in [0.25, 0.3) is 5.91 Å². The van der Waals surface area contributed by atoms with Gasteiger partial charge in [0.1, 0.15) is 23.0 Å². The molecule has 158 valence electrons. The minimum absolute atomic E-state index is 0.00105. The highest BCUT2D eigenvalue weighted by Crippen LogP contribution is 2.26. The summed E-state index contributed by atoms with van der Waals surface area (Å²) in [5, 5.41) is 9.50. The van der Waals surface area contributed by atoms with Gasteiger partial charge in [-0.15, -0.1) is 0 Å². The number of aromatic nitrogens is 1. The average Bonchev–Trinajstić information content (AvgIpc) is 3.39. The van der Waals surface area contributed by atoms with Crippen molar-refractivity contribution < 1.29 is 28.3 Å². The van der Waals surface area contributed by atoms with Crippen LogP contribution in [0.5, 0.6) is 0 Å². The van der Waals surface area contributed by atoms with Crippen molar-refractivity contribution in [3.8, 4) is 12.0 Å². The monoisotopic (exact) mass is 414 g/mol. The van der Waals surface area contributed by atoms with E-state index in [0.29, 0.717) is 26.2 Å². The zero-order chi connectivity index (χ0) is 21.7. The molecule has 0 saturated carbocycles. The lowest BCUT2D eigenvalue weighted by Crippen LogP contribution is -2.51. The molecule has 0 aliphatic carbocycles. The summed E-state index contributed by atoms with van der Waals surface area (Å²) in [6.07, 6.45) is 2.97. The Kier molecular flexibility index (Phi) is 6.41. The van der Waals surface area contributed by atoms with E-state index in [9.17, 15) is 19.6 Å². The summed E-state index contributed by atoms with van der Waals surface area (Å²) in [4.78, 5) is 39.7. The molecule has 1 saturated heterocycles. The highest BCUT2D eigenvalue weighted by Gasteiger charge is 2.28. The first kappa shape index (κ1) is 21.0. The van der Waals surface area contributed by atoms with Crippen LogP contribution in [-0.4, -0.2) is 71.7 Å². The number of hydrogen-bond acceptors (Lipinski definition) is 7. The number of nitrogens with zero attached hydrogens (tertiary/aromatic N) is 4. The van der Waals surface area contributed by atoms with Crippen LogP contribution in [0, 0.1) is 18.3 Å². The predicted molar refractivity (Wildman–Crippen MR) is 103 cm³/mol. The Morgan fingerprint density at radius 2 is 1.73 bits per heavy atom. The van der Waals surface area contributed by atoms with Crippen molar-refractivity contribution in [3.63, 3.8) is 0 Å². The van der Waals surface area contributed by atoms with Crippen LogP contribution in [0.1, 0.15) is 28.6 Å². The van der Waals surface area contributed by atoms with Crippen molar-refractivity contribution in [2.45, 2.75) is 13.8 Å². The summed E-state index contributed by atoms with van der Waals surface area (Å²) in [7, 11) is 0. The van der Waals surface area contributed by atoms with E-state index >= 15 is 0 Å². The molecule has 0 N–H and O–H groups in total. The maximum absolute atomic E-state index is 12.5. The zero-order valence-electron chi connectivity index (χ0n) is 16.8. The number of amides is 2. The molecule has 2 aromatic heterocycles. The van der Waals surface area contributed by atoms with Crippen LogP contribution in [0.4, 0.5) is 4.79 Å². The van der Waals surface area contributed by atoms with E-state index in [1.54, 1.807) is 42.9 Å². The van der Waals surface area contributed by atoms with Crippen molar-refractivity contribution in [3.05, 3.63) is 41.4 Å². The summed E-state index contributed by atoms with van der Waals surface area (Å²) in [6, 6.07) is 5.49. The summed E-state index contributed by atoms with van der Waals surface area (Å²) < 4.78 is 17.3. The van der Waals surface area contributed by atoms with Gasteiger partial charge in [-0.25, -0.2) is 9.59 Å². The van der Waals surface area contributed by atoms with Crippen molar-refractivity contribution in [2.24, 2.45) is 0 Å².